The van der Waals surface area contributed by atoms with Crippen molar-refractivity contribution >= 4 is 50.0 Å². The van der Waals surface area contributed by atoms with Crippen LogP contribution >= 0.6 is 0 Å². The van der Waals surface area contributed by atoms with Crippen LogP contribution < -0.4 is 4.90 Å². The maximum atomic E-state index is 4.10. The summed E-state index contributed by atoms with van der Waals surface area (Å²) in [7, 11) is 0. The van der Waals surface area contributed by atoms with Gasteiger partial charge >= 0.3 is 0 Å². The number of anilines is 3. The topological polar surface area (TPSA) is 8.17 Å². The fourth-order valence-corrected chi connectivity index (χ4v) is 11.3. The van der Waals surface area contributed by atoms with Gasteiger partial charge in [0.1, 0.15) is 0 Å². The lowest BCUT2D eigenvalue weighted by molar-refractivity contribution is 0.723. The summed E-state index contributed by atoms with van der Waals surface area (Å²) in [6, 6.07) is 71.5. The maximum Gasteiger partial charge on any atom is 0.0719 e. The Hall–Kier alpha value is -7.94. The van der Waals surface area contributed by atoms with Gasteiger partial charge in [-0.3, -0.25) is 0 Å². The van der Waals surface area contributed by atoms with Crippen molar-refractivity contribution in [2.75, 3.05) is 4.90 Å². The number of benzene rings is 8. The third-order valence-electron chi connectivity index (χ3n) is 14.2. The molecule has 0 bridgehead atoms. The third kappa shape index (κ3) is 6.01. The number of fused-ring (bicyclic) bond motifs is 9. The van der Waals surface area contributed by atoms with Crippen LogP contribution in [0.15, 0.2) is 242 Å². The van der Waals surface area contributed by atoms with Crippen molar-refractivity contribution < 1.29 is 0 Å². The Bertz CT molecular complexity index is 3470. The zero-order valence-electron chi connectivity index (χ0n) is 36.7. The predicted molar refractivity (Wildman–Crippen MR) is 275 cm³/mol. The summed E-state index contributed by atoms with van der Waals surface area (Å²) in [5.41, 5.74) is 22.2. The molecule has 8 aromatic carbocycles. The fourth-order valence-electron chi connectivity index (χ4n) is 11.3. The molecule has 0 fully saturated rings. The van der Waals surface area contributed by atoms with Crippen molar-refractivity contribution in [3.63, 3.8) is 0 Å². The minimum Gasteiger partial charge on any atom is -0.310 e. The Morgan fingerprint density at radius 1 is 0.569 bits per heavy atom. The zero-order valence-corrected chi connectivity index (χ0v) is 36.7. The van der Waals surface area contributed by atoms with Crippen LogP contribution in [0.25, 0.3) is 60.9 Å². The van der Waals surface area contributed by atoms with Crippen molar-refractivity contribution in [2.45, 2.75) is 25.7 Å². The highest BCUT2D eigenvalue weighted by Crippen LogP contribution is 2.63. The molecule has 2 atom stereocenters. The van der Waals surface area contributed by atoms with E-state index in [2.05, 4.69) is 248 Å². The third-order valence-corrected chi connectivity index (χ3v) is 14.2. The van der Waals surface area contributed by atoms with Gasteiger partial charge in [-0.25, -0.2) is 0 Å². The summed E-state index contributed by atoms with van der Waals surface area (Å²) in [5.74, 6) is 0.465. The Labute approximate surface area is 381 Å². The molecule has 2 heteroatoms. The molecular formula is C63H48N2. The molecule has 2 unspecified atom stereocenters. The summed E-state index contributed by atoms with van der Waals surface area (Å²) in [6.07, 6.45) is 12.2. The maximum absolute atomic E-state index is 4.10. The van der Waals surface area contributed by atoms with Gasteiger partial charge < -0.3 is 9.47 Å². The van der Waals surface area contributed by atoms with E-state index in [0.717, 1.165) is 23.5 Å². The van der Waals surface area contributed by atoms with Crippen molar-refractivity contribution in [1.82, 2.24) is 4.57 Å². The molecule has 2 nitrogen and oxygen atoms in total. The van der Waals surface area contributed by atoms with Crippen molar-refractivity contribution in [1.29, 1.82) is 0 Å². The molecule has 0 N–H and O–H groups in total. The van der Waals surface area contributed by atoms with E-state index in [9.17, 15) is 0 Å². The van der Waals surface area contributed by atoms with Gasteiger partial charge in [-0.15, -0.1) is 0 Å². The van der Waals surface area contributed by atoms with Gasteiger partial charge in [-0.05, 0) is 153 Å². The summed E-state index contributed by atoms with van der Waals surface area (Å²) >= 11 is 0. The second-order valence-electron chi connectivity index (χ2n) is 17.8. The number of hydrogen-bond donors (Lipinski definition) is 0. The minimum atomic E-state index is -0.438. The average Bonchev–Trinajstić information content (AvgIpc) is 3.94. The predicted octanol–water partition coefficient (Wildman–Crippen LogP) is 16.8. The highest BCUT2D eigenvalue weighted by molar-refractivity contribution is 6.10. The lowest BCUT2D eigenvalue weighted by atomic mass is 9.67. The molecule has 65 heavy (non-hydrogen) atoms. The molecule has 310 valence electrons. The van der Waals surface area contributed by atoms with E-state index >= 15 is 0 Å². The molecule has 1 aromatic heterocycles. The number of nitrogens with zero attached hydrogens (tertiary/aromatic N) is 2. The molecule has 0 saturated carbocycles. The quantitative estimate of drug-likeness (QED) is 0.139. The molecule has 9 aromatic rings. The fraction of sp³-hybridized carbons (Fsp3) is 0.0794. The smallest absolute Gasteiger partial charge is 0.0719 e. The largest absolute Gasteiger partial charge is 0.310 e. The highest BCUT2D eigenvalue weighted by Gasteiger charge is 2.52. The first-order valence-electron chi connectivity index (χ1n) is 22.8. The van der Waals surface area contributed by atoms with Gasteiger partial charge in [0.25, 0.3) is 0 Å². The van der Waals surface area contributed by atoms with Crippen LogP contribution in [-0.4, -0.2) is 4.57 Å². The van der Waals surface area contributed by atoms with Crippen LogP contribution in [-0.2, 0) is 5.41 Å². The molecular weight excluding hydrogens is 785 g/mol. The van der Waals surface area contributed by atoms with Crippen LogP contribution in [0.2, 0.25) is 0 Å². The molecule has 0 aliphatic heterocycles. The van der Waals surface area contributed by atoms with Crippen molar-refractivity contribution in [3.8, 4) is 27.9 Å². The van der Waals surface area contributed by atoms with E-state index < -0.39 is 5.41 Å². The van der Waals surface area contributed by atoms with Gasteiger partial charge in [-0.1, -0.05) is 171 Å². The lowest BCUT2D eigenvalue weighted by Crippen LogP contribution is -2.28. The first-order valence-corrected chi connectivity index (χ1v) is 22.8. The van der Waals surface area contributed by atoms with Crippen LogP contribution in [0.5, 0.6) is 0 Å². The second-order valence-corrected chi connectivity index (χ2v) is 17.8. The zero-order chi connectivity index (χ0) is 43.6. The van der Waals surface area contributed by atoms with E-state index in [0.29, 0.717) is 5.92 Å². The van der Waals surface area contributed by atoms with E-state index in [1.807, 2.05) is 6.08 Å². The Morgan fingerprint density at radius 3 is 1.94 bits per heavy atom. The molecule has 0 amide bonds. The molecule has 3 aliphatic rings. The van der Waals surface area contributed by atoms with Crippen LogP contribution in [0.4, 0.5) is 17.1 Å². The Balaban J connectivity index is 1.01. The molecule has 0 radical (unpaired) electrons. The normalized spacial score (nSPS) is 17.4. The summed E-state index contributed by atoms with van der Waals surface area (Å²) in [5, 5.41) is 2.50. The van der Waals surface area contributed by atoms with Gasteiger partial charge in [0, 0.05) is 33.5 Å². The van der Waals surface area contributed by atoms with Gasteiger partial charge in [0.05, 0.1) is 16.4 Å². The molecule has 3 aliphatic carbocycles. The monoisotopic (exact) mass is 832 g/mol. The number of para-hydroxylation sites is 2. The van der Waals surface area contributed by atoms with Crippen LogP contribution in [0.3, 0.4) is 0 Å². The first kappa shape index (κ1) is 38.7. The minimum absolute atomic E-state index is 0.438. The van der Waals surface area contributed by atoms with E-state index in [1.54, 1.807) is 0 Å². The van der Waals surface area contributed by atoms with Gasteiger partial charge in [0.2, 0.25) is 0 Å². The Kier molecular flexibility index (Phi) is 9.17. The van der Waals surface area contributed by atoms with Gasteiger partial charge in [-0.2, -0.15) is 0 Å². The summed E-state index contributed by atoms with van der Waals surface area (Å²) < 4.78 is 2.38. The van der Waals surface area contributed by atoms with Gasteiger partial charge in [0.15, 0.2) is 0 Å². The number of hydrogen-bond acceptors (Lipinski definition) is 1. The van der Waals surface area contributed by atoms with Crippen molar-refractivity contribution in [2.24, 2.45) is 5.92 Å². The summed E-state index contributed by atoms with van der Waals surface area (Å²) in [6.45, 7) is 8.74. The number of aromatic nitrogens is 1. The van der Waals surface area contributed by atoms with E-state index in [4.69, 9.17) is 0 Å². The number of rotatable bonds is 8. The van der Waals surface area contributed by atoms with E-state index in [1.165, 1.54) is 94.3 Å². The molecule has 1 heterocycles. The number of allylic oxidation sites excluding steroid dienone is 9. The summed E-state index contributed by atoms with van der Waals surface area (Å²) in [4.78, 5) is 2.44. The van der Waals surface area contributed by atoms with Crippen LogP contribution in [0.1, 0.15) is 42.5 Å². The highest BCUT2D eigenvalue weighted by atomic mass is 15.1. The lowest BCUT2D eigenvalue weighted by Gasteiger charge is -2.34. The molecule has 12 rings (SSSR count). The SMILES string of the molecule is C=C/C=C\C1=C(C)c2ccccc2C12C1=C(CC(C)C=C1)c1ccc(N(c3ccc(-c4ccccc4)cc3)c3ccc(-c4ccc5c(c4)c4ccccc4n5-c4ccccc4)cc3)cc12. The standard InChI is InChI=1S/C63H48N2/c1-4-5-22-57-43(3)52-20-12-14-23-58(52)63(57)59-37-25-42(2)39-55(59)53-36-35-51(41-60(53)63)64(49-31-26-45(27-32-49)44-16-8-6-9-17-44)50-33-28-46(29-34-50)47-30-38-62-56(40-47)54-21-13-15-24-61(54)65(62)48-18-10-7-11-19-48/h4-38,40-42H,1,39H2,2-3H3/b22-5-. The van der Waals surface area contributed by atoms with E-state index in [-0.39, 0.29) is 0 Å². The molecule has 0 saturated heterocycles. The second kappa shape index (κ2) is 15.4. The Morgan fingerprint density at radius 2 is 1.18 bits per heavy atom. The molecule has 1 spiro atoms. The van der Waals surface area contributed by atoms with Crippen LogP contribution in [0, 0.1) is 5.92 Å². The average molecular weight is 833 g/mol. The van der Waals surface area contributed by atoms with Crippen molar-refractivity contribution in [3.05, 3.63) is 264 Å². The first-order chi connectivity index (χ1) is 32.0.